The maximum atomic E-state index is 11.3. The van der Waals surface area contributed by atoms with Gasteiger partial charge in [0.05, 0.1) is 0 Å². The van der Waals surface area contributed by atoms with E-state index in [1.165, 1.54) is 0 Å². The summed E-state index contributed by atoms with van der Waals surface area (Å²) < 4.78 is 0. The van der Waals surface area contributed by atoms with Gasteiger partial charge >= 0.3 is 0 Å². The van der Waals surface area contributed by atoms with Crippen molar-refractivity contribution in [3.8, 4) is 0 Å². The van der Waals surface area contributed by atoms with E-state index in [4.69, 9.17) is 0 Å². The van der Waals surface area contributed by atoms with Gasteiger partial charge < -0.3 is 9.80 Å². The Kier molecular flexibility index (Phi) is 5.71. The van der Waals surface area contributed by atoms with E-state index in [2.05, 4.69) is 11.8 Å². The second-order valence-corrected chi connectivity index (χ2v) is 3.63. The van der Waals surface area contributed by atoms with Crippen LogP contribution in [0.15, 0.2) is 0 Å². The van der Waals surface area contributed by atoms with Gasteiger partial charge in [-0.15, -0.1) is 0 Å². The molecule has 1 amide bonds. The number of likely N-dealkylation sites (N-methyl/N-ethyl adjacent to an activating group) is 2. The first kappa shape index (κ1) is 12.4. The van der Waals surface area contributed by atoms with E-state index < -0.39 is 0 Å². The number of hydrogen-bond donors (Lipinski definition) is 0. The molecule has 0 bridgehead atoms. The lowest BCUT2D eigenvalue weighted by Gasteiger charge is -2.31. The van der Waals surface area contributed by atoms with Gasteiger partial charge in [-0.3, -0.25) is 4.79 Å². The molecule has 0 aliphatic rings. The van der Waals surface area contributed by atoms with Crippen molar-refractivity contribution in [1.29, 1.82) is 0 Å². The van der Waals surface area contributed by atoms with Crippen LogP contribution in [-0.2, 0) is 4.79 Å². The molecule has 0 aromatic carbocycles. The molecular formula is C10H22N2O. The van der Waals surface area contributed by atoms with Gasteiger partial charge in [0, 0.05) is 26.1 Å². The van der Waals surface area contributed by atoms with E-state index in [0.29, 0.717) is 6.04 Å². The first-order valence-corrected chi connectivity index (χ1v) is 4.94. The highest BCUT2D eigenvalue weighted by atomic mass is 16.2. The van der Waals surface area contributed by atoms with Gasteiger partial charge in [-0.05, 0) is 27.4 Å². The Morgan fingerprint density at radius 2 is 1.85 bits per heavy atom. The minimum atomic E-state index is 0.177. The standard InChI is InChI=1S/C10H22N2O/c1-6-10(8-11(4)5)12(7-2)9(3)13/h10H,6-8H2,1-5H3. The fourth-order valence-corrected chi connectivity index (χ4v) is 1.61. The lowest BCUT2D eigenvalue weighted by molar-refractivity contribution is -0.131. The molecule has 0 heterocycles. The molecule has 0 aliphatic heterocycles. The number of carbonyl (C=O) groups is 1. The number of amides is 1. The topological polar surface area (TPSA) is 23.6 Å². The van der Waals surface area contributed by atoms with Crippen LogP contribution in [0.5, 0.6) is 0 Å². The van der Waals surface area contributed by atoms with Crippen LogP contribution in [-0.4, -0.2) is 48.9 Å². The fraction of sp³-hybridized carbons (Fsp3) is 0.900. The van der Waals surface area contributed by atoms with E-state index in [0.717, 1.165) is 19.5 Å². The SMILES string of the molecule is CCC(CN(C)C)N(CC)C(C)=O. The van der Waals surface area contributed by atoms with Crippen LogP contribution in [0.2, 0.25) is 0 Å². The number of rotatable bonds is 5. The Morgan fingerprint density at radius 3 is 2.08 bits per heavy atom. The van der Waals surface area contributed by atoms with Gasteiger partial charge in [0.15, 0.2) is 0 Å². The zero-order valence-corrected chi connectivity index (χ0v) is 9.50. The van der Waals surface area contributed by atoms with Crippen LogP contribution in [0.4, 0.5) is 0 Å². The van der Waals surface area contributed by atoms with Crippen molar-refractivity contribution < 1.29 is 4.79 Å². The molecular weight excluding hydrogens is 164 g/mol. The molecule has 0 aliphatic carbocycles. The Labute approximate surface area is 81.7 Å². The second-order valence-electron chi connectivity index (χ2n) is 3.63. The summed E-state index contributed by atoms with van der Waals surface area (Å²) in [6.07, 6.45) is 1.02. The molecule has 78 valence electrons. The molecule has 0 rings (SSSR count). The maximum absolute atomic E-state index is 11.3. The molecule has 13 heavy (non-hydrogen) atoms. The van der Waals surface area contributed by atoms with E-state index in [1.807, 2.05) is 25.9 Å². The molecule has 3 heteroatoms. The van der Waals surface area contributed by atoms with Gasteiger partial charge in [0.25, 0.3) is 0 Å². The van der Waals surface area contributed by atoms with E-state index in [-0.39, 0.29) is 5.91 Å². The van der Waals surface area contributed by atoms with Crippen molar-refractivity contribution in [3.63, 3.8) is 0 Å². The predicted molar refractivity (Wildman–Crippen MR) is 55.7 cm³/mol. The first-order chi connectivity index (χ1) is 6.02. The molecule has 1 atom stereocenters. The molecule has 0 spiro atoms. The molecule has 0 fully saturated rings. The Balaban J connectivity index is 4.25. The monoisotopic (exact) mass is 186 g/mol. The fourth-order valence-electron chi connectivity index (χ4n) is 1.61. The van der Waals surface area contributed by atoms with Crippen molar-refractivity contribution >= 4 is 5.91 Å². The summed E-state index contributed by atoms with van der Waals surface area (Å²) in [6, 6.07) is 0.359. The van der Waals surface area contributed by atoms with Gasteiger partial charge in [-0.2, -0.15) is 0 Å². The molecule has 3 nitrogen and oxygen atoms in total. The van der Waals surface area contributed by atoms with E-state index >= 15 is 0 Å². The van der Waals surface area contributed by atoms with Crippen molar-refractivity contribution in [1.82, 2.24) is 9.80 Å². The van der Waals surface area contributed by atoms with Gasteiger partial charge in [-0.1, -0.05) is 6.92 Å². The van der Waals surface area contributed by atoms with Crippen LogP contribution in [0.25, 0.3) is 0 Å². The molecule has 0 saturated heterocycles. The number of carbonyl (C=O) groups excluding carboxylic acids is 1. The summed E-state index contributed by atoms with van der Waals surface area (Å²) in [5, 5.41) is 0. The van der Waals surface area contributed by atoms with Gasteiger partial charge in [-0.25, -0.2) is 0 Å². The minimum Gasteiger partial charge on any atom is -0.339 e. The van der Waals surface area contributed by atoms with Crippen molar-refractivity contribution in [2.75, 3.05) is 27.2 Å². The number of hydrogen-bond acceptors (Lipinski definition) is 2. The first-order valence-electron chi connectivity index (χ1n) is 4.94. The van der Waals surface area contributed by atoms with Crippen molar-refractivity contribution in [2.45, 2.75) is 33.2 Å². The smallest absolute Gasteiger partial charge is 0.219 e. The van der Waals surface area contributed by atoms with E-state index in [1.54, 1.807) is 6.92 Å². The zero-order valence-electron chi connectivity index (χ0n) is 9.50. The highest BCUT2D eigenvalue weighted by Crippen LogP contribution is 2.05. The third-order valence-electron chi connectivity index (χ3n) is 2.23. The lowest BCUT2D eigenvalue weighted by atomic mass is 10.2. The predicted octanol–water partition coefficient (Wildman–Crippen LogP) is 1.19. The van der Waals surface area contributed by atoms with Crippen LogP contribution in [0.3, 0.4) is 0 Å². The summed E-state index contributed by atoms with van der Waals surface area (Å²) in [7, 11) is 4.08. The van der Waals surface area contributed by atoms with Crippen molar-refractivity contribution in [2.24, 2.45) is 0 Å². The summed E-state index contributed by atoms with van der Waals surface area (Å²) in [6.45, 7) is 7.55. The molecule has 0 saturated carbocycles. The summed E-state index contributed by atoms with van der Waals surface area (Å²) in [4.78, 5) is 15.3. The normalized spacial score (nSPS) is 13.1. The van der Waals surface area contributed by atoms with Crippen LogP contribution in [0, 0.1) is 0 Å². The third kappa shape index (κ3) is 4.27. The molecule has 0 radical (unpaired) electrons. The van der Waals surface area contributed by atoms with Crippen LogP contribution in [0.1, 0.15) is 27.2 Å². The quantitative estimate of drug-likeness (QED) is 0.644. The summed E-state index contributed by atoms with van der Waals surface area (Å²) in [5.74, 6) is 0.177. The largest absolute Gasteiger partial charge is 0.339 e. The summed E-state index contributed by atoms with van der Waals surface area (Å²) >= 11 is 0. The third-order valence-corrected chi connectivity index (χ3v) is 2.23. The zero-order chi connectivity index (χ0) is 10.4. The molecule has 0 aromatic heterocycles. The summed E-state index contributed by atoms with van der Waals surface area (Å²) in [5.41, 5.74) is 0. The Morgan fingerprint density at radius 1 is 1.31 bits per heavy atom. The Hall–Kier alpha value is -0.570. The molecule has 0 N–H and O–H groups in total. The van der Waals surface area contributed by atoms with Crippen LogP contribution < -0.4 is 0 Å². The highest BCUT2D eigenvalue weighted by Gasteiger charge is 2.17. The maximum Gasteiger partial charge on any atom is 0.219 e. The van der Waals surface area contributed by atoms with Crippen molar-refractivity contribution in [3.05, 3.63) is 0 Å². The lowest BCUT2D eigenvalue weighted by Crippen LogP contribution is -2.44. The average Bonchev–Trinajstić information content (AvgIpc) is 2.02. The molecule has 1 unspecified atom stereocenters. The second kappa shape index (κ2) is 5.97. The number of nitrogens with zero attached hydrogens (tertiary/aromatic N) is 2. The van der Waals surface area contributed by atoms with Gasteiger partial charge in [0.1, 0.15) is 0 Å². The van der Waals surface area contributed by atoms with E-state index in [9.17, 15) is 4.79 Å². The average molecular weight is 186 g/mol. The molecule has 0 aromatic rings. The van der Waals surface area contributed by atoms with Crippen LogP contribution >= 0.6 is 0 Å². The highest BCUT2D eigenvalue weighted by molar-refractivity contribution is 5.73. The Bertz CT molecular complexity index is 157. The van der Waals surface area contributed by atoms with Gasteiger partial charge in [0.2, 0.25) is 5.91 Å². The minimum absolute atomic E-state index is 0.177.